The zero-order valence-corrected chi connectivity index (χ0v) is 18.2. The van der Waals surface area contributed by atoms with Gasteiger partial charge in [-0.15, -0.1) is 0 Å². The van der Waals surface area contributed by atoms with Gasteiger partial charge in [0.05, 0.1) is 18.3 Å². The first kappa shape index (κ1) is 20.2. The molecule has 2 heterocycles. The van der Waals surface area contributed by atoms with Gasteiger partial charge in [0.2, 0.25) is 6.79 Å². The molecule has 0 atom stereocenters. The van der Waals surface area contributed by atoms with Gasteiger partial charge in [-0.1, -0.05) is 46.3 Å². The molecule has 2 aliphatic rings. The molecule has 2 aliphatic heterocycles. The maximum Gasteiger partial charge on any atom is 0.340 e. The number of carbonyl (C=O) groups excluding carboxylic acids is 2. The standard InChI is InChI=1S/C23H20BrNO5/c1-14-21(23(27)28-2)17(10-16-11-19-20(12-18(16)24)30-13-29-19)22(26)25(14)9-8-15-6-4-3-5-7-15/h3-7,10-12H,8-9,13H2,1-2H3/b17-10-. The SMILES string of the molecule is COC(=O)C1=C(C)N(CCc2ccccc2)C(=O)/C1=C\c1cc2c(cc1Br)OCO2. The third-order valence-corrected chi connectivity index (χ3v) is 5.85. The normalized spacial score (nSPS) is 16.6. The van der Waals surface area contributed by atoms with Crippen molar-refractivity contribution in [3.63, 3.8) is 0 Å². The highest BCUT2D eigenvalue weighted by molar-refractivity contribution is 9.10. The van der Waals surface area contributed by atoms with Gasteiger partial charge in [-0.3, -0.25) is 4.79 Å². The van der Waals surface area contributed by atoms with Gasteiger partial charge in [0, 0.05) is 16.7 Å². The van der Waals surface area contributed by atoms with Crippen LogP contribution in [0.5, 0.6) is 11.5 Å². The first-order valence-corrected chi connectivity index (χ1v) is 10.2. The lowest BCUT2D eigenvalue weighted by Gasteiger charge is -2.17. The van der Waals surface area contributed by atoms with E-state index in [1.807, 2.05) is 30.3 Å². The molecule has 1 amide bonds. The number of hydrogen-bond acceptors (Lipinski definition) is 5. The molecule has 2 aromatic carbocycles. The van der Waals surface area contributed by atoms with Crippen LogP contribution in [0.1, 0.15) is 18.1 Å². The lowest BCUT2D eigenvalue weighted by Crippen LogP contribution is -2.27. The fraction of sp³-hybridized carbons (Fsp3) is 0.217. The Morgan fingerprint density at radius 3 is 2.60 bits per heavy atom. The predicted molar refractivity (Wildman–Crippen MR) is 115 cm³/mol. The molecule has 0 unspecified atom stereocenters. The number of methoxy groups -OCH3 is 1. The van der Waals surface area contributed by atoms with Crippen molar-refractivity contribution >= 4 is 33.9 Å². The summed E-state index contributed by atoms with van der Waals surface area (Å²) in [4.78, 5) is 27.4. The number of nitrogens with zero attached hydrogens (tertiary/aromatic N) is 1. The Kier molecular flexibility index (Phi) is 5.63. The summed E-state index contributed by atoms with van der Waals surface area (Å²) in [6.45, 7) is 2.39. The van der Waals surface area contributed by atoms with Crippen LogP contribution < -0.4 is 9.47 Å². The number of esters is 1. The quantitative estimate of drug-likeness (QED) is 0.487. The van der Waals surface area contributed by atoms with E-state index in [0.717, 1.165) is 10.0 Å². The van der Waals surface area contributed by atoms with Gasteiger partial charge < -0.3 is 19.1 Å². The molecule has 0 radical (unpaired) electrons. The molecule has 154 valence electrons. The molecular weight excluding hydrogens is 450 g/mol. The largest absolute Gasteiger partial charge is 0.465 e. The Balaban J connectivity index is 1.69. The minimum Gasteiger partial charge on any atom is -0.465 e. The van der Waals surface area contributed by atoms with Crippen LogP contribution in [-0.4, -0.2) is 37.2 Å². The first-order valence-electron chi connectivity index (χ1n) is 9.45. The maximum absolute atomic E-state index is 13.3. The minimum absolute atomic E-state index is 0.153. The summed E-state index contributed by atoms with van der Waals surface area (Å²) < 4.78 is 16.5. The summed E-state index contributed by atoms with van der Waals surface area (Å²) in [6.07, 6.45) is 2.37. The van der Waals surface area contributed by atoms with Crippen LogP contribution in [0.25, 0.3) is 6.08 Å². The van der Waals surface area contributed by atoms with Gasteiger partial charge in [0.25, 0.3) is 5.91 Å². The molecule has 7 heteroatoms. The van der Waals surface area contributed by atoms with Crippen molar-refractivity contribution in [2.24, 2.45) is 0 Å². The number of rotatable bonds is 5. The van der Waals surface area contributed by atoms with E-state index >= 15 is 0 Å². The van der Waals surface area contributed by atoms with Crippen LogP contribution in [0.4, 0.5) is 0 Å². The Bertz CT molecular complexity index is 1070. The van der Waals surface area contributed by atoms with Crippen molar-refractivity contribution in [2.75, 3.05) is 20.4 Å². The van der Waals surface area contributed by atoms with Crippen molar-refractivity contribution in [3.8, 4) is 11.5 Å². The molecule has 0 aromatic heterocycles. The van der Waals surface area contributed by atoms with E-state index in [1.54, 1.807) is 30.0 Å². The Hall–Kier alpha value is -3.06. The molecule has 0 saturated carbocycles. The lowest BCUT2D eigenvalue weighted by atomic mass is 10.0. The predicted octanol–water partition coefficient (Wildman–Crippen LogP) is 4.09. The molecule has 0 aliphatic carbocycles. The average Bonchev–Trinajstić information content (AvgIpc) is 3.29. The number of ether oxygens (including phenoxy) is 3. The second-order valence-corrected chi connectivity index (χ2v) is 7.78. The molecule has 2 aromatic rings. The zero-order valence-electron chi connectivity index (χ0n) is 16.6. The van der Waals surface area contributed by atoms with Crippen LogP contribution in [-0.2, 0) is 20.7 Å². The van der Waals surface area contributed by atoms with Crippen LogP contribution in [0.2, 0.25) is 0 Å². The monoisotopic (exact) mass is 469 g/mol. The van der Waals surface area contributed by atoms with Gasteiger partial charge in [-0.2, -0.15) is 0 Å². The molecule has 30 heavy (non-hydrogen) atoms. The number of fused-ring (bicyclic) bond motifs is 1. The highest BCUT2D eigenvalue weighted by Gasteiger charge is 2.37. The number of benzene rings is 2. The molecule has 0 fully saturated rings. The summed E-state index contributed by atoms with van der Waals surface area (Å²) in [5.41, 5.74) is 2.99. The molecule has 0 bridgehead atoms. The van der Waals surface area contributed by atoms with Gasteiger partial charge in [-0.05, 0) is 42.7 Å². The summed E-state index contributed by atoms with van der Waals surface area (Å²) >= 11 is 3.51. The van der Waals surface area contributed by atoms with Crippen LogP contribution >= 0.6 is 15.9 Å². The van der Waals surface area contributed by atoms with Crippen molar-refractivity contribution in [1.29, 1.82) is 0 Å². The summed E-state index contributed by atoms with van der Waals surface area (Å²) in [6, 6.07) is 13.5. The first-order chi connectivity index (χ1) is 14.5. The summed E-state index contributed by atoms with van der Waals surface area (Å²) in [5.74, 6) is 0.461. The minimum atomic E-state index is -0.536. The van der Waals surface area contributed by atoms with Crippen molar-refractivity contribution in [2.45, 2.75) is 13.3 Å². The van der Waals surface area contributed by atoms with Gasteiger partial charge in [-0.25, -0.2) is 4.79 Å². The highest BCUT2D eigenvalue weighted by Crippen LogP contribution is 2.39. The van der Waals surface area contributed by atoms with Crippen LogP contribution in [0, 0.1) is 0 Å². The maximum atomic E-state index is 13.3. The number of hydrogen-bond donors (Lipinski definition) is 0. The van der Waals surface area contributed by atoms with Crippen molar-refractivity contribution in [3.05, 3.63) is 74.9 Å². The van der Waals surface area contributed by atoms with Crippen LogP contribution in [0.3, 0.4) is 0 Å². The van der Waals surface area contributed by atoms with E-state index < -0.39 is 5.97 Å². The topological polar surface area (TPSA) is 65.1 Å². The van der Waals surface area contributed by atoms with Crippen molar-refractivity contribution < 1.29 is 23.8 Å². The molecular formula is C23H20BrNO5. The summed E-state index contributed by atoms with van der Waals surface area (Å²) in [5, 5.41) is 0. The molecule has 6 nitrogen and oxygen atoms in total. The average molecular weight is 470 g/mol. The highest BCUT2D eigenvalue weighted by atomic mass is 79.9. The van der Waals surface area contributed by atoms with Gasteiger partial charge in [0.1, 0.15) is 0 Å². The van der Waals surface area contributed by atoms with E-state index in [1.165, 1.54) is 7.11 Å². The van der Waals surface area contributed by atoms with E-state index in [9.17, 15) is 9.59 Å². The zero-order chi connectivity index (χ0) is 21.3. The van der Waals surface area contributed by atoms with E-state index in [2.05, 4.69) is 15.9 Å². The number of halogens is 1. The van der Waals surface area contributed by atoms with Gasteiger partial charge in [0.15, 0.2) is 11.5 Å². The third-order valence-electron chi connectivity index (χ3n) is 5.16. The fourth-order valence-corrected chi connectivity index (χ4v) is 4.02. The Morgan fingerprint density at radius 1 is 1.20 bits per heavy atom. The Labute approximate surface area is 182 Å². The molecule has 0 saturated heterocycles. The summed E-state index contributed by atoms with van der Waals surface area (Å²) in [7, 11) is 1.31. The van der Waals surface area contributed by atoms with Gasteiger partial charge >= 0.3 is 5.97 Å². The fourth-order valence-electron chi connectivity index (χ4n) is 3.58. The molecule has 0 spiro atoms. The third kappa shape index (κ3) is 3.73. The number of carbonyl (C=O) groups is 2. The second-order valence-electron chi connectivity index (χ2n) is 6.93. The number of amides is 1. The van der Waals surface area contributed by atoms with E-state index in [-0.39, 0.29) is 18.3 Å². The van der Waals surface area contributed by atoms with Crippen LogP contribution in [0.15, 0.2) is 63.8 Å². The lowest BCUT2D eigenvalue weighted by molar-refractivity contribution is -0.136. The van der Waals surface area contributed by atoms with E-state index in [4.69, 9.17) is 14.2 Å². The smallest absolute Gasteiger partial charge is 0.340 e. The van der Waals surface area contributed by atoms with Crippen molar-refractivity contribution in [1.82, 2.24) is 4.90 Å². The van der Waals surface area contributed by atoms with E-state index in [0.29, 0.717) is 41.3 Å². The molecule has 4 rings (SSSR count). The second kappa shape index (κ2) is 8.36. The number of allylic oxidation sites excluding steroid dienone is 1. The molecule has 0 N–H and O–H groups in total. The Morgan fingerprint density at radius 2 is 1.90 bits per heavy atom.